The lowest BCUT2D eigenvalue weighted by Crippen LogP contribution is -1.95. The van der Waals surface area contributed by atoms with E-state index in [0.29, 0.717) is 15.9 Å². The van der Waals surface area contributed by atoms with E-state index in [9.17, 15) is 0 Å². The van der Waals surface area contributed by atoms with Crippen molar-refractivity contribution < 1.29 is 0 Å². The second-order valence-electron chi connectivity index (χ2n) is 3.70. The van der Waals surface area contributed by atoms with E-state index in [0.717, 1.165) is 11.3 Å². The van der Waals surface area contributed by atoms with Crippen LogP contribution in [0.4, 0.5) is 5.82 Å². The van der Waals surface area contributed by atoms with Crippen LogP contribution < -0.4 is 5.43 Å². The molecule has 1 aromatic heterocycles. The molecular formula is C13H11Cl2N3. The number of nitrogens with zero attached hydrogens (tertiary/aromatic N) is 2. The molecule has 1 aromatic carbocycles. The molecule has 18 heavy (non-hydrogen) atoms. The van der Waals surface area contributed by atoms with Crippen LogP contribution in [0.3, 0.4) is 0 Å². The van der Waals surface area contributed by atoms with Gasteiger partial charge in [-0.1, -0.05) is 41.4 Å². The zero-order chi connectivity index (χ0) is 13.0. The van der Waals surface area contributed by atoms with Crippen molar-refractivity contribution >= 4 is 35.2 Å². The van der Waals surface area contributed by atoms with Gasteiger partial charge in [0, 0.05) is 27.4 Å². The van der Waals surface area contributed by atoms with Crippen LogP contribution in [-0.2, 0) is 0 Å². The number of hydrogen-bond acceptors (Lipinski definition) is 3. The summed E-state index contributed by atoms with van der Waals surface area (Å²) in [6, 6.07) is 10.9. The number of halogens is 2. The normalized spacial score (nSPS) is 10.8. The second-order valence-corrected chi connectivity index (χ2v) is 4.55. The lowest BCUT2D eigenvalue weighted by atomic mass is 10.2. The van der Waals surface area contributed by atoms with Crippen LogP contribution >= 0.6 is 23.2 Å². The van der Waals surface area contributed by atoms with E-state index in [1.165, 1.54) is 0 Å². The number of aryl methyl sites for hydroxylation is 1. The van der Waals surface area contributed by atoms with Gasteiger partial charge < -0.3 is 0 Å². The zero-order valence-corrected chi connectivity index (χ0v) is 11.2. The highest BCUT2D eigenvalue weighted by Crippen LogP contribution is 2.15. The first kappa shape index (κ1) is 12.9. The van der Waals surface area contributed by atoms with E-state index in [2.05, 4.69) is 15.5 Å². The zero-order valence-electron chi connectivity index (χ0n) is 9.69. The van der Waals surface area contributed by atoms with Crippen LogP contribution in [0, 0.1) is 6.92 Å². The van der Waals surface area contributed by atoms with Crippen molar-refractivity contribution in [2.24, 2.45) is 5.10 Å². The summed E-state index contributed by atoms with van der Waals surface area (Å²) >= 11 is 11.9. The molecule has 0 bridgehead atoms. The summed E-state index contributed by atoms with van der Waals surface area (Å²) < 4.78 is 0. The van der Waals surface area contributed by atoms with Crippen molar-refractivity contribution in [3.63, 3.8) is 0 Å². The average Bonchev–Trinajstić information content (AvgIpc) is 2.30. The molecule has 1 heterocycles. The number of benzene rings is 1. The first-order valence-electron chi connectivity index (χ1n) is 5.33. The van der Waals surface area contributed by atoms with E-state index in [4.69, 9.17) is 23.2 Å². The van der Waals surface area contributed by atoms with Crippen molar-refractivity contribution in [3.8, 4) is 0 Å². The van der Waals surface area contributed by atoms with Gasteiger partial charge in [0.15, 0.2) is 0 Å². The summed E-state index contributed by atoms with van der Waals surface area (Å²) in [5.41, 5.74) is 4.49. The minimum absolute atomic E-state index is 0.600. The monoisotopic (exact) mass is 279 g/mol. The first-order valence-corrected chi connectivity index (χ1v) is 6.08. The predicted molar refractivity (Wildman–Crippen MR) is 76.7 cm³/mol. The third kappa shape index (κ3) is 3.45. The van der Waals surface area contributed by atoms with Gasteiger partial charge in [-0.15, -0.1) is 0 Å². The molecule has 0 amide bonds. The van der Waals surface area contributed by atoms with Gasteiger partial charge >= 0.3 is 0 Å². The quantitative estimate of drug-likeness (QED) is 0.677. The summed E-state index contributed by atoms with van der Waals surface area (Å²) in [5, 5.41) is 5.35. The minimum atomic E-state index is 0.600. The molecule has 0 aliphatic rings. The molecule has 92 valence electrons. The van der Waals surface area contributed by atoms with Gasteiger partial charge in [0.1, 0.15) is 5.82 Å². The maximum Gasteiger partial charge on any atom is 0.147 e. The van der Waals surface area contributed by atoms with Gasteiger partial charge in [-0.3, -0.25) is 5.43 Å². The Balaban J connectivity index is 2.10. The Hall–Kier alpha value is -1.58. The molecule has 0 unspecified atom stereocenters. The highest BCUT2D eigenvalue weighted by molar-refractivity contribution is 6.33. The van der Waals surface area contributed by atoms with Crippen molar-refractivity contribution in [1.82, 2.24) is 4.98 Å². The Morgan fingerprint density at radius 3 is 2.72 bits per heavy atom. The Bertz CT molecular complexity index is 562. The molecule has 0 radical (unpaired) electrons. The summed E-state index contributed by atoms with van der Waals surface area (Å²) in [6.07, 6.45) is 1.64. The standard InChI is InChI=1S/C13H11Cl2N3/c1-9-6-11(14)7-13(17-9)18-16-8-10-4-2-3-5-12(10)15/h2-8H,1H3,(H,17,18)/b16-8-. The van der Waals surface area contributed by atoms with Gasteiger partial charge in [0.25, 0.3) is 0 Å². The lowest BCUT2D eigenvalue weighted by molar-refractivity contribution is 1.16. The molecule has 0 saturated heterocycles. The van der Waals surface area contributed by atoms with E-state index in [-0.39, 0.29) is 0 Å². The predicted octanol–water partition coefficient (Wildman–Crippen LogP) is 4.14. The van der Waals surface area contributed by atoms with Crippen molar-refractivity contribution in [2.45, 2.75) is 6.92 Å². The van der Waals surface area contributed by atoms with E-state index in [1.807, 2.05) is 31.2 Å². The first-order chi connectivity index (χ1) is 8.65. The van der Waals surface area contributed by atoms with Crippen LogP contribution in [0.5, 0.6) is 0 Å². The van der Waals surface area contributed by atoms with Gasteiger partial charge in [-0.05, 0) is 19.1 Å². The number of hydrogen-bond donors (Lipinski definition) is 1. The van der Waals surface area contributed by atoms with Gasteiger partial charge in [-0.25, -0.2) is 4.98 Å². The molecule has 5 heteroatoms. The Morgan fingerprint density at radius 1 is 1.22 bits per heavy atom. The van der Waals surface area contributed by atoms with Crippen LogP contribution in [0.15, 0.2) is 41.5 Å². The number of anilines is 1. The number of hydrazone groups is 1. The highest BCUT2D eigenvalue weighted by Gasteiger charge is 1.97. The van der Waals surface area contributed by atoms with E-state index >= 15 is 0 Å². The van der Waals surface area contributed by atoms with Crippen LogP contribution in [-0.4, -0.2) is 11.2 Å². The Kier molecular flexibility index (Phi) is 4.18. The van der Waals surface area contributed by atoms with Crippen LogP contribution in [0.1, 0.15) is 11.3 Å². The van der Waals surface area contributed by atoms with Crippen molar-refractivity contribution in [2.75, 3.05) is 5.43 Å². The number of rotatable bonds is 3. The Morgan fingerprint density at radius 2 is 2.00 bits per heavy atom. The second kappa shape index (κ2) is 5.85. The highest BCUT2D eigenvalue weighted by atomic mass is 35.5. The molecule has 0 atom stereocenters. The summed E-state index contributed by atoms with van der Waals surface area (Å²) in [5.74, 6) is 0.600. The van der Waals surface area contributed by atoms with Gasteiger partial charge in [0.2, 0.25) is 0 Å². The fourth-order valence-corrected chi connectivity index (χ4v) is 1.88. The van der Waals surface area contributed by atoms with Gasteiger partial charge in [-0.2, -0.15) is 5.10 Å². The van der Waals surface area contributed by atoms with E-state index in [1.54, 1.807) is 18.3 Å². The topological polar surface area (TPSA) is 37.3 Å². The number of aromatic nitrogens is 1. The fraction of sp³-hybridized carbons (Fsp3) is 0.0769. The largest absolute Gasteiger partial charge is 0.261 e. The minimum Gasteiger partial charge on any atom is -0.261 e. The molecular weight excluding hydrogens is 269 g/mol. The molecule has 0 fully saturated rings. The summed E-state index contributed by atoms with van der Waals surface area (Å²) in [6.45, 7) is 1.87. The SMILES string of the molecule is Cc1cc(Cl)cc(N/N=C\c2ccccc2Cl)n1. The smallest absolute Gasteiger partial charge is 0.147 e. The maximum atomic E-state index is 6.00. The molecule has 2 aromatic rings. The molecule has 0 saturated carbocycles. The van der Waals surface area contributed by atoms with E-state index < -0.39 is 0 Å². The van der Waals surface area contributed by atoms with Crippen molar-refractivity contribution in [1.29, 1.82) is 0 Å². The third-order valence-corrected chi connectivity index (χ3v) is 2.77. The molecule has 3 nitrogen and oxygen atoms in total. The fourth-order valence-electron chi connectivity index (χ4n) is 1.43. The van der Waals surface area contributed by atoms with Crippen molar-refractivity contribution in [3.05, 3.63) is 57.7 Å². The van der Waals surface area contributed by atoms with Crippen LogP contribution in [0.2, 0.25) is 10.0 Å². The number of nitrogens with one attached hydrogen (secondary N) is 1. The molecule has 2 rings (SSSR count). The molecule has 1 N–H and O–H groups in total. The Labute approximate surface area is 115 Å². The average molecular weight is 280 g/mol. The molecule has 0 spiro atoms. The number of pyridine rings is 1. The lowest BCUT2D eigenvalue weighted by Gasteiger charge is -2.02. The summed E-state index contributed by atoms with van der Waals surface area (Å²) in [4.78, 5) is 4.25. The third-order valence-electron chi connectivity index (χ3n) is 2.21. The molecule has 0 aliphatic heterocycles. The van der Waals surface area contributed by atoms with Gasteiger partial charge in [0.05, 0.1) is 6.21 Å². The van der Waals surface area contributed by atoms with Crippen LogP contribution in [0.25, 0.3) is 0 Å². The maximum absolute atomic E-state index is 6.00. The summed E-state index contributed by atoms with van der Waals surface area (Å²) in [7, 11) is 0. The molecule has 0 aliphatic carbocycles.